The molecule has 28 atom stereocenters. The quantitative estimate of drug-likeness (QED) is 0.0589. The Hall–Kier alpha value is -2.21. The van der Waals surface area contributed by atoms with Crippen LogP contribution in [0.2, 0.25) is 0 Å². The fourth-order valence-electron chi connectivity index (χ4n) is 16.6. The highest BCUT2D eigenvalue weighted by molar-refractivity contribution is 7.81. The molecule has 8 N–H and O–H groups in total. The Balaban J connectivity index is 0.718. The molecule has 26 nitrogen and oxygen atoms in total. The molecule has 11 rings (SSSR count). The smallest absolute Gasteiger partial charge is 0.394 e. The Bertz CT molecular complexity index is 2860. The second kappa shape index (κ2) is 25.4. The minimum Gasteiger partial charge on any atom is -0.394 e. The summed E-state index contributed by atoms with van der Waals surface area (Å²) in [7, 11) is -9.79. The van der Waals surface area contributed by atoms with Gasteiger partial charge in [-0.25, -0.2) is 8.37 Å². The number of aliphatic hydroxyl groups excluding tert-OH is 4. The molecule has 0 radical (unpaired) electrons. The first kappa shape index (κ1) is 68.2. The predicted molar refractivity (Wildman–Crippen MR) is 311 cm³/mol. The number of carbonyl (C=O) groups is 1. The molecule has 2 unspecified atom stereocenters. The van der Waals surface area contributed by atoms with Gasteiger partial charge >= 0.3 is 20.8 Å². The van der Waals surface area contributed by atoms with E-state index in [4.69, 9.17) is 61.4 Å². The second-order valence-electron chi connectivity index (χ2n) is 28.8. The van der Waals surface area contributed by atoms with Crippen molar-refractivity contribution in [2.75, 3.05) is 19.8 Å². The third-order valence-electron chi connectivity index (χ3n) is 21.6. The summed E-state index contributed by atoms with van der Waals surface area (Å²) in [5, 5.41) is 55.8. The van der Waals surface area contributed by atoms with E-state index in [1.165, 1.54) is 6.92 Å². The Morgan fingerprint density at radius 1 is 0.719 bits per heavy atom. The maximum atomic E-state index is 12.4. The first-order chi connectivity index (χ1) is 41.6. The van der Waals surface area contributed by atoms with Gasteiger partial charge in [-0.05, 0) is 98.0 Å². The van der Waals surface area contributed by atoms with Crippen molar-refractivity contribution in [3.63, 3.8) is 0 Å². The maximum absolute atomic E-state index is 12.4. The molecular weight excluding hydrogens is 1210 g/mol. The SMILES string of the molecule is C=C(/C=C/C[C@@](C)(O)[C@H]1O[C@@H]2C[C@@H]3O[C@@H]4C[C@@H]5O[C@@H]6C[C@@H]7O[C@@H]8C[C@@H]9O[C@]%10(C)C[C@@H]%11O[C@](C)(CCOS(=O)(=O)O)[C@@H](OS(=O)(=O)O)C[C@H]%11O[C@H]%10C[C@H]9O[C@H]8CC[C@@]7(C)O[C@@]6(C)CC[C@H](C)[C@H]5O[C@H]4[C@@H](O)[C@@]3(C)O[C@H]2CC1=C)CC(O)CC(=O)NCC(O)CO. The molecule has 0 bridgehead atoms. The lowest BCUT2D eigenvalue weighted by molar-refractivity contribution is -0.369. The first-order valence-electron chi connectivity index (χ1n) is 31.8. The number of aliphatic hydroxyl groups is 5. The zero-order chi connectivity index (χ0) is 64.2. The number of rotatable bonds is 17. The summed E-state index contributed by atoms with van der Waals surface area (Å²) < 4.78 is 152. The number of fused-ring (bicyclic) bond motifs is 10. The monoisotopic (exact) mass is 1310 g/mol. The molecule has 0 aliphatic carbocycles. The molecule has 11 heterocycles. The number of allylic oxidation sites excluding steroid dienone is 1. The summed E-state index contributed by atoms with van der Waals surface area (Å²) in [6.07, 6.45) is -3.89. The lowest BCUT2D eigenvalue weighted by Crippen LogP contribution is -2.74. The largest absolute Gasteiger partial charge is 0.397 e. The fourth-order valence-corrected chi connectivity index (χ4v) is 17.5. The molecule has 89 heavy (non-hydrogen) atoms. The highest BCUT2D eigenvalue weighted by Gasteiger charge is 2.66. The number of carbonyl (C=O) groups excluding carboxylic acids is 1. The van der Waals surface area contributed by atoms with E-state index in [2.05, 4.69) is 43.4 Å². The van der Waals surface area contributed by atoms with Crippen LogP contribution in [0.25, 0.3) is 0 Å². The number of amides is 1. The summed E-state index contributed by atoms with van der Waals surface area (Å²) >= 11 is 0. The lowest BCUT2D eigenvalue weighted by atomic mass is 9.72. The van der Waals surface area contributed by atoms with E-state index in [1.807, 2.05) is 13.8 Å². The number of hydrogen-bond donors (Lipinski definition) is 8. The first-order valence-corrected chi connectivity index (χ1v) is 34.6. The highest BCUT2D eigenvalue weighted by atomic mass is 32.3. The van der Waals surface area contributed by atoms with Crippen LogP contribution in [0.5, 0.6) is 0 Å². The zero-order valence-corrected chi connectivity index (χ0v) is 53.6. The summed E-state index contributed by atoms with van der Waals surface area (Å²) in [6, 6.07) is 0. The van der Waals surface area contributed by atoms with Gasteiger partial charge in [0.1, 0.15) is 30.0 Å². The topological polar surface area (TPSA) is 359 Å². The maximum Gasteiger partial charge on any atom is 0.397 e. The molecule has 11 saturated heterocycles. The van der Waals surface area contributed by atoms with E-state index >= 15 is 0 Å². The average Bonchev–Trinajstić information content (AvgIpc) is 1.37. The third kappa shape index (κ3) is 14.4. The van der Waals surface area contributed by atoms with E-state index in [9.17, 15) is 51.2 Å². The van der Waals surface area contributed by atoms with Crippen LogP contribution < -0.4 is 5.32 Å². The Morgan fingerprint density at radius 3 is 2.03 bits per heavy atom. The lowest BCUT2D eigenvalue weighted by Gasteiger charge is -2.61. The Labute approximate surface area is 521 Å². The van der Waals surface area contributed by atoms with Crippen LogP contribution in [-0.4, -0.2) is 239 Å². The van der Waals surface area contributed by atoms with E-state index in [1.54, 1.807) is 19.1 Å². The number of hydrogen-bond acceptors (Lipinski definition) is 23. The normalized spacial score (nSPS) is 47.7. The van der Waals surface area contributed by atoms with Crippen LogP contribution in [0.15, 0.2) is 36.5 Å². The predicted octanol–water partition coefficient (Wildman–Crippen LogP) is 2.87. The van der Waals surface area contributed by atoms with Crippen LogP contribution in [-0.2, 0) is 86.1 Å². The van der Waals surface area contributed by atoms with Gasteiger partial charge in [0.15, 0.2) is 0 Å². The summed E-state index contributed by atoms with van der Waals surface area (Å²) in [5.41, 5.74) is -5.16. The molecule has 11 fully saturated rings. The molecule has 11 aliphatic rings. The standard InChI is InChI=1S/C61H95NO25S2/c1-31(19-34(64)21-51(66)62-29-35(65)30-63)11-10-14-56(4,68)55-33(3)20-41-39(81-55)26-50-61(9,85-41)54(67)53-44(80-50)23-43-52(82-53)32(2)12-15-58(6)48(79-43)27-47-59(7,87-58)16-13-36-37(77-47)22-42-38(76-36)24-46-60(8,83-42)28-45-40(78-46)25-49(86-89(72,73)74)57(5,84-45)17-18-75-88(69,70)71/h10-11,32,34-50,52-55,63-65,67-68H,1,3,12-30H2,2,4-9H3,(H,62,66)(H,69,70,71)(H,72,73,74)/b11-10+/t32-,34?,35?,36-,37+,38+,39+,40+,41-,42-,43-,44+,45-,46-,47-,48+,49-,50-,52+,53+,54+,55-,56+,57+,58-,59+,60+,61-/m0/s1. The molecular formula is C61H95NO25S2. The molecule has 0 aromatic heterocycles. The van der Waals surface area contributed by atoms with Crippen LogP contribution in [0.4, 0.5) is 0 Å². The zero-order valence-electron chi connectivity index (χ0n) is 52.0. The molecule has 0 spiro atoms. The van der Waals surface area contributed by atoms with Crippen molar-refractivity contribution < 1.29 is 117 Å². The molecule has 0 aromatic carbocycles. The highest BCUT2D eigenvalue weighted by Crippen LogP contribution is 2.55. The fraction of sp³-hybridized carbons (Fsp3) is 0.885. The van der Waals surface area contributed by atoms with Crippen molar-refractivity contribution in [1.29, 1.82) is 0 Å². The Kier molecular flexibility index (Phi) is 19.5. The van der Waals surface area contributed by atoms with E-state index < -0.39 is 171 Å². The van der Waals surface area contributed by atoms with Crippen LogP contribution >= 0.6 is 0 Å². The molecule has 0 aromatic rings. The van der Waals surface area contributed by atoms with Gasteiger partial charge in [0.2, 0.25) is 5.91 Å². The van der Waals surface area contributed by atoms with Gasteiger partial charge in [0, 0.05) is 57.9 Å². The third-order valence-corrected chi connectivity index (χ3v) is 22.5. The van der Waals surface area contributed by atoms with E-state index in [-0.39, 0.29) is 75.1 Å². The molecule has 11 aliphatic heterocycles. The molecule has 0 saturated carbocycles. The average molecular weight is 1310 g/mol. The molecule has 506 valence electrons. The minimum atomic E-state index is -4.98. The molecule has 28 heteroatoms. The number of ether oxygens (including phenoxy) is 11. The summed E-state index contributed by atoms with van der Waals surface area (Å²) in [4.78, 5) is 12.2. The van der Waals surface area contributed by atoms with Crippen molar-refractivity contribution in [3.05, 3.63) is 36.5 Å². The van der Waals surface area contributed by atoms with Gasteiger partial charge in [0.05, 0.1) is 151 Å². The van der Waals surface area contributed by atoms with Gasteiger partial charge in [0.25, 0.3) is 0 Å². The van der Waals surface area contributed by atoms with E-state index in [0.717, 1.165) is 6.42 Å². The Morgan fingerprint density at radius 2 is 1.34 bits per heavy atom. The minimum absolute atomic E-state index is 0.0229. The molecule has 1 amide bonds. The summed E-state index contributed by atoms with van der Waals surface area (Å²) in [5.74, 6) is -0.452. The van der Waals surface area contributed by atoms with Gasteiger partial charge in [-0.15, -0.1) is 0 Å². The summed E-state index contributed by atoms with van der Waals surface area (Å²) in [6.45, 7) is 20.6. The van der Waals surface area contributed by atoms with Gasteiger partial charge < -0.3 is 83.0 Å². The van der Waals surface area contributed by atoms with Crippen LogP contribution in [0.1, 0.15) is 151 Å². The van der Waals surface area contributed by atoms with Crippen molar-refractivity contribution in [1.82, 2.24) is 5.32 Å². The van der Waals surface area contributed by atoms with Gasteiger partial charge in [-0.1, -0.05) is 37.8 Å². The van der Waals surface area contributed by atoms with Gasteiger partial charge in [-0.2, -0.15) is 16.8 Å². The number of nitrogens with one attached hydrogen (secondary N) is 1. The van der Waals surface area contributed by atoms with Crippen molar-refractivity contribution >= 4 is 26.7 Å². The van der Waals surface area contributed by atoms with Gasteiger partial charge in [-0.3, -0.25) is 13.9 Å². The van der Waals surface area contributed by atoms with Crippen molar-refractivity contribution in [2.24, 2.45) is 5.92 Å². The van der Waals surface area contributed by atoms with Crippen molar-refractivity contribution in [2.45, 2.75) is 313 Å². The van der Waals surface area contributed by atoms with Crippen molar-refractivity contribution in [3.8, 4) is 0 Å². The van der Waals surface area contributed by atoms with Crippen LogP contribution in [0, 0.1) is 5.92 Å². The van der Waals surface area contributed by atoms with E-state index in [0.29, 0.717) is 75.4 Å². The van der Waals surface area contributed by atoms with Crippen LogP contribution in [0.3, 0.4) is 0 Å². The second-order valence-corrected chi connectivity index (χ2v) is 30.9.